The molecule has 0 bridgehead atoms. The number of anilines is 1. The van der Waals surface area contributed by atoms with Crippen molar-refractivity contribution in [1.82, 2.24) is 9.88 Å². The first-order chi connectivity index (χ1) is 15.2. The molecular weight excluding hydrogens is 390 g/mol. The van der Waals surface area contributed by atoms with Crippen LogP contribution in [0.25, 0.3) is 21.9 Å². The Balaban J connectivity index is 1.29. The van der Waals surface area contributed by atoms with Gasteiger partial charge >= 0.3 is 0 Å². The number of aliphatic hydroxyl groups is 1. The van der Waals surface area contributed by atoms with Gasteiger partial charge in [-0.2, -0.15) is 0 Å². The smallest absolute Gasteiger partial charge is 0.131 e. The van der Waals surface area contributed by atoms with Gasteiger partial charge in [0.15, 0.2) is 0 Å². The molecule has 2 aliphatic rings. The van der Waals surface area contributed by atoms with Gasteiger partial charge in [-0.25, -0.2) is 4.98 Å². The second kappa shape index (κ2) is 8.83. The third-order valence-corrected chi connectivity index (χ3v) is 6.18. The van der Waals surface area contributed by atoms with E-state index >= 15 is 0 Å². The van der Waals surface area contributed by atoms with Gasteiger partial charge < -0.3 is 19.5 Å². The number of nitrogens with zero attached hydrogens (tertiary/aromatic N) is 3. The molecule has 1 N–H and O–H groups in total. The topological polar surface area (TPSA) is 58.1 Å². The van der Waals surface area contributed by atoms with Crippen LogP contribution in [0.15, 0.2) is 48.7 Å². The lowest BCUT2D eigenvalue weighted by Gasteiger charge is -2.28. The maximum atomic E-state index is 10.3. The van der Waals surface area contributed by atoms with Gasteiger partial charge in [-0.15, -0.1) is 0 Å². The highest BCUT2D eigenvalue weighted by molar-refractivity contribution is 5.88. The summed E-state index contributed by atoms with van der Waals surface area (Å²) in [7, 11) is 2.09. The van der Waals surface area contributed by atoms with E-state index in [9.17, 15) is 5.11 Å². The zero-order valence-electron chi connectivity index (χ0n) is 18.0. The summed E-state index contributed by atoms with van der Waals surface area (Å²) in [6.07, 6.45) is 2.49. The van der Waals surface area contributed by atoms with Crippen LogP contribution in [0.2, 0.25) is 0 Å². The Morgan fingerprint density at radius 1 is 1.03 bits per heavy atom. The average Bonchev–Trinajstić information content (AvgIpc) is 3.18. The highest BCUT2D eigenvalue weighted by atomic mass is 16.5. The largest absolute Gasteiger partial charge is 0.491 e. The number of fused-ring (bicyclic) bond motifs is 2. The molecule has 0 aliphatic carbocycles. The maximum Gasteiger partial charge on any atom is 0.131 e. The van der Waals surface area contributed by atoms with Gasteiger partial charge in [0, 0.05) is 45.0 Å². The molecule has 162 valence electrons. The number of aromatic nitrogens is 1. The summed E-state index contributed by atoms with van der Waals surface area (Å²) in [5.41, 5.74) is 3.61. The highest BCUT2D eigenvalue weighted by Gasteiger charge is 2.18. The Labute approximate surface area is 183 Å². The van der Waals surface area contributed by atoms with Gasteiger partial charge in [0.1, 0.15) is 24.3 Å². The third-order valence-electron chi connectivity index (χ3n) is 6.18. The lowest BCUT2D eigenvalue weighted by Crippen LogP contribution is -2.42. The Kier molecular flexibility index (Phi) is 5.76. The normalized spacial score (nSPS) is 17.7. The predicted molar refractivity (Wildman–Crippen MR) is 123 cm³/mol. The summed E-state index contributed by atoms with van der Waals surface area (Å²) in [6, 6.07) is 14.8. The molecule has 1 unspecified atom stereocenters. The molecule has 1 aromatic heterocycles. The fourth-order valence-electron chi connectivity index (χ4n) is 4.40. The number of hydrogen-bond acceptors (Lipinski definition) is 6. The fraction of sp³-hybridized carbons (Fsp3) is 0.400. The van der Waals surface area contributed by atoms with E-state index in [1.54, 1.807) is 0 Å². The van der Waals surface area contributed by atoms with Crippen molar-refractivity contribution < 1.29 is 14.6 Å². The number of benzene rings is 2. The molecular formula is C25H29N3O3. The molecule has 3 aromatic rings. The number of ether oxygens (including phenoxy) is 2. The maximum absolute atomic E-state index is 10.3. The van der Waals surface area contributed by atoms with Gasteiger partial charge in [-0.1, -0.05) is 18.2 Å². The molecule has 0 radical (unpaired) electrons. The van der Waals surface area contributed by atoms with E-state index in [1.165, 1.54) is 10.9 Å². The quantitative estimate of drug-likeness (QED) is 0.663. The van der Waals surface area contributed by atoms with Crippen LogP contribution >= 0.6 is 0 Å². The fourth-order valence-corrected chi connectivity index (χ4v) is 4.40. The first kappa shape index (κ1) is 20.2. The van der Waals surface area contributed by atoms with Gasteiger partial charge in [0.2, 0.25) is 0 Å². The lowest BCUT2D eigenvalue weighted by molar-refractivity contribution is 0.00467. The molecule has 1 fully saturated rings. The molecule has 1 saturated heterocycles. The molecule has 5 rings (SSSR count). The molecule has 3 heterocycles. The minimum atomic E-state index is -0.518. The standard InChI is InChI=1S/C25H29N3O3/c1-27-7-6-20-13-22(15-26-25(20)27)19-3-2-18-4-5-24(14-21(18)12-19)31-17-23(29)16-28-8-10-30-11-9-28/h2-5,12-15,23,29H,6-11,16-17H2,1H3. The van der Waals surface area contributed by atoms with E-state index in [4.69, 9.17) is 9.47 Å². The Hall–Kier alpha value is -2.67. The summed E-state index contributed by atoms with van der Waals surface area (Å²) in [4.78, 5) is 9.09. The Morgan fingerprint density at radius 2 is 1.87 bits per heavy atom. The summed E-state index contributed by atoms with van der Waals surface area (Å²) >= 11 is 0. The number of morpholine rings is 1. The summed E-state index contributed by atoms with van der Waals surface area (Å²) in [5, 5.41) is 12.6. The summed E-state index contributed by atoms with van der Waals surface area (Å²) in [6.45, 7) is 5.12. The van der Waals surface area contributed by atoms with Crippen molar-refractivity contribution in [3.63, 3.8) is 0 Å². The molecule has 0 saturated carbocycles. The van der Waals surface area contributed by atoms with Crippen molar-refractivity contribution in [2.75, 3.05) is 57.9 Å². The van der Waals surface area contributed by atoms with Crippen LogP contribution in [0, 0.1) is 0 Å². The molecule has 2 aliphatic heterocycles. The zero-order valence-corrected chi connectivity index (χ0v) is 18.0. The molecule has 0 amide bonds. The van der Waals surface area contributed by atoms with Crippen molar-refractivity contribution in [1.29, 1.82) is 0 Å². The van der Waals surface area contributed by atoms with Crippen LogP contribution in [0.3, 0.4) is 0 Å². The van der Waals surface area contributed by atoms with Crippen molar-refractivity contribution in [3.05, 3.63) is 54.2 Å². The van der Waals surface area contributed by atoms with Crippen LogP contribution in [-0.2, 0) is 11.2 Å². The number of hydrogen-bond donors (Lipinski definition) is 1. The van der Waals surface area contributed by atoms with Crippen molar-refractivity contribution in [2.24, 2.45) is 0 Å². The minimum absolute atomic E-state index is 0.283. The number of rotatable bonds is 6. The predicted octanol–water partition coefficient (Wildman–Crippen LogP) is 2.97. The van der Waals surface area contributed by atoms with Gasteiger partial charge in [-0.3, -0.25) is 4.90 Å². The first-order valence-corrected chi connectivity index (χ1v) is 11.0. The van der Waals surface area contributed by atoms with E-state index in [0.29, 0.717) is 6.54 Å². The van der Waals surface area contributed by atoms with Crippen LogP contribution in [0.5, 0.6) is 5.75 Å². The third kappa shape index (κ3) is 4.51. The van der Waals surface area contributed by atoms with Crippen LogP contribution in [0.1, 0.15) is 5.56 Å². The lowest BCUT2D eigenvalue weighted by atomic mass is 10.0. The summed E-state index contributed by atoms with van der Waals surface area (Å²) < 4.78 is 11.3. The number of likely N-dealkylation sites (N-methyl/N-ethyl adjacent to an activating group) is 1. The second-order valence-electron chi connectivity index (χ2n) is 8.48. The van der Waals surface area contributed by atoms with E-state index in [-0.39, 0.29) is 6.61 Å². The van der Waals surface area contributed by atoms with Crippen LogP contribution in [0.4, 0.5) is 5.82 Å². The number of pyridine rings is 1. The molecule has 6 nitrogen and oxygen atoms in total. The zero-order chi connectivity index (χ0) is 21.2. The number of β-amino-alcohol motifs (C(OH)–C–C–N with tert-alkyl or cyclic N) is 1. The molecule has 1 atom stereocenters. The molecule has 2 aromatic carbocycles. The Morgan fingerprint density at radius 3 is 2.74 bits per heavy atom. The van der Waals surface area contributed by atoms with Crippen LogP contribution < -0.4 is 9.64 Å². The summed E-state index contributed by atoms with van der Waals surface area (Å²) in [5.74, 6) is 1.87. The van der Waals surface area contributed by atoms with Gasteiger partial charge in [0.25, 0.3) is 0 Å². The molecule has 6 heteroatoms. The molecule has 31 heavy (non-hydrogen) atoms. The van der Waals surface area contributed by atoms with E-state index in [1.807, 2.05) is 12.3 Å². The molecule has 0 spiro atoms. The van der Waals surface area contributed by atoms with E-state index < -0.39 is 6.10 Å². The van der Waals surface area contributed by atoms with E-state index in [0.717, 1.165) is 67.3 Å². The van der Waals surface area contributed by atoms with Crippen LogP contribution in [-0.4, -0.2) is 74.1 Å². The SMILES string of the molecule is CN1CCc2cc(-c3ccc4ccc(OCC(O)CN5CCOCC5)cc4c3)cnc21. The Bertz CT molecular complexity index is 1070. The van der Waals surface area contributed by atoms with Gasteiger partial charge in [0.05, 0.1) is 13.2 Å². The number of aliphatic hydroxyl groups excluding tert-OH is 1. The average molecular weight is 420 g/mol. The first-order valence-electron chi connectivity index (χ1n) is 11.0. The van der Waals surface area contributed by atoms with Crippen molar-refractivity contribution in [3.8, 4) is 16.9 Å². The van der Waals surface area contributed by atoms with E-state index in [2.05, 4.69) is 58.2 Å². The van der Waals surface area contributed by atoms with Crippen molar-refractivity contribution >= 4 is 16.6 Å². The van der Waals surface area contributed by atoms with Crippen molar-refractivity contribution in [2.45, 2.75) is 12.5 Å². The monoisotopic (exact) mass is 419 g/mol. The highest BCUT2D eigenvalue weighted by Crippen LogP contribution is 2.31. The minimum Gasteiger partial charge on any atom is -0.491 e. The second-order valence-corrected chi connectivity index (χ2v) is 8.48. The van der Waals surface area contributed by atoms with Gasteiger partial charge in [-0.05, 0) is 52.6 Å².